The highest BCUT2D eigenvalue weighted by atomic mass is 79.9. The highest BCUT2D eigenvalue weighted by Crippen LogP contribution is 2.31. The molecule has 0 unspecified atom stereocenters. The smallest absolute Gasteiger partial charge is 0.207 e. The molecule has 19 heavy (non-hydrogen) atoms. The Balaban J connectivity index is 2.35. The first kappa shape index (κ1) is 14.2. The van der Waals surface area contributed by atoms with E-state index in [1.54, 1.807) is 0 Å². The molecule has 100 valence electrons. The highest BCUT2D eigenvalue weighted by Gasteiger charge is 2.09. The van der Waals surface area contributed by atoms with Gasteiger partial charge in [-0.1, -0.05) is 17.7 Å². The second-order valence-electron chi connectivity index (χ2n) is 4.35. The molecular weight excluding hydrogens is 326 g/mol. The van der Waals surface area contributed by atoms with E-state index >= 15 is 0 Å². The van der Waals surface area contributed by atoms with E-state index < -0.39 is 0 Å². The zero-order valence-electron chi connectivity index (χ0n) is 10.9. The summed E-state index contributed by atoms with van der Waals surface area (Å²) in [5.74, 6) is 0.776. The summed E-state index contributed by atoms with van der Waals surface area (Å²) in [5.41, 5.74) is 2.88. The number of halogens is 2. The third kappa shape index (κ3) is 3.19. The Kier molecular flexibility index (Phi) is 4.32. The molecule has 1 aromatic carbocycles. The first-order chi connectivity index (χ1) is 9.01. The summed E-state index contributed by atoms with van der Waals surface area (Å²) >= 11 is 9.68. The lowest BCUT2D eigenvalue weighted by Crippen LogP contribution is -2.02. The van der Waals surface area contributed by atoms with Gasteiger partial charge in [-0.2, -0.15) is 0 Å². The van der Waals surface area contributed by atoms with Gasteiger partial charge >= 0.3 is 0 Å². The fourth-order valence-corrected chi connectivity index (χ4v) is 2.51. The number of hydrogen-bond acceptors (Lipinski definition) is 2. The number of aryl methyl sites for hydroxylation is 2. The van der Waals surface area contributed by atoms with Crippen LogP contribution in [0, 0.1) is 13.8 Å². The van der Waals surface area contributed by atoms with Crippen molar-refractivity contribution in [3.8, 4) is 0 Å². The van der Waals surface area contributed by atoms with E-state index in [0.29, 0.717) is 6.54 Å². The number of hydrogen-bond donors (Lipinski definition) is 1. The number of allylic oxidation sites excluding steroid dienone is 1. The molecule has 0 aliphatic carbocycles. The minimum atomic E-state index is 0.709. The molecule has 3 nitrogen and oxygen atoms in total. The molecule has 0 saturated heterocycles. The maximum atomic E-state index is 6.15. The van der Waals surface area contributed by atoms with Gasteiger partial charge in [0.2, 0.25) is 5.95 Å². The number of benzene rings is 1. The normalized spacial score (nSPS) is 10.5. The zero-order chi connectivity index (χ0) is 14.0. The monoisotopic (exact) mass is 339 g/mol. The molecule has 2 aromatic rings. The summed E-state index contributed by atoms with van der Waals surface area (Å²) in [5, 5.41) is 4.01. The van der Waals surface area contributed by atoms with Gasteiger partial charge in [0.25, 0.3) is 0 Å². The van der Waals surface area contributed by atoms with Crippen LogP contribution in [0.4, 0.5) is 11.6 Å². The lowest BCUT2D eigenvalue weighted by atomic mass is 10.2. The van der Waals surface area contributed by atoms with E-state index in [4.69, 9.17) is 11.6 Å². The van der Waals surface area contributed by atoms with Crippen molar-refractivity contribution in [2.75, 3.05) is 5.32 Å². The van der Waals surface area contributed by atoms with Gasteiger partial charge in [0.05, 0.1) is 11.4 Å². The van der Waals surface area contributed by atoms with Gasteiger partial charge in [0.15, 0.2) is 0 Å². The van der Waals surface area contributed by atoms with Crippen molar-refractivity contribution in [1.82, 2.24) is 9.55 Å². The van der Waals surface area contributed by atoms with E-state index in [-0.39, 0.29) is 0 Å². The van der Waals surface area contributed by atoms with E-state index in [1.807, 2.05) is 42.8 Å². The van der Waals surface area contributed by atoms with Crippen LogP contribution in [0.3, 0.4) is 0 Å². The predicted octanol–water partition coefficient (Wildman–Crippen LogP) is 4.85. The second kappa shape index (κ2) is 5.80. The fraction of sp³-hybridized carbons (Fsp3) is 0.214. The third-order valence-corrected chi connectivity index (χ3v) is 3.78. The number of imidazole rings is 1. The van der Waals surface area contributed by atoms with Crippen LogP contribution in [-0.4, -0.2) is 9.55 Å². The molecule has 0 amide bonds. The van der Waals surface area contributed by atoms with Crippen LogP contribution in [0.5, 0.6) is 0 Å². The van der Waals surface area contributed by atoms with Crippen LogP contribution < -0.4 is 5.32 Å². The minimum absolute atomic E-state index is 0.709. The number of rotatable bonds is 4. The van der Waals surface area contributed by atoms with E-state index in [0.717, 1.165) is 32.4 Å². The van der Waals surface area contributed by atoms with Crippen LogP contribution in [0.1, 0.15) is 11.3 Å². The van der Waals surface area contributed by atoms with Crippen LogP contribution >= 0.6 is 27.5 Å². The zero-order valence-corrected chi connectivity index (χ0v) is 13.2. The van der Waals surface area contributed by atoms with Gasteiger partial charge in [-0.25, -0.2) is 4.98 Å². The Morgan fingerprint density at radius 3 is 2.89 bits per heavy atom. The van der Waals surface area contributed by atoms with Crippen molar-refractivity contribution in [1.29, 1.82) is 0 Å². The van der Waals surface area contributed by atoms with Gasteiger partial charge < -0.3 is 9.88 Å². The topological polar surface area (TPSA) is 29.9 Å². The van der Waals surface area contributed by atoms with Crippen LogP contribution in [0.15, 0.2) is 35.5 Å². The maximum absolute atomic E-state index is 6.15. The first-order valence-electron chi connectivity index (χ1n) is 5.88. The van der Waals surface area contributed by atoms with Gasteiger partial charge in [-0.15, -0.1) is 6.58 Å². The summed E-state index contributed by atoms with van der Waals surface area (Å²) in [6.45, 7) is 8.39. The van der Waals surface area contributed by atoms with Gasteiger partial charge in [-0.3, -0.25) is 0 Å². The summed E-state index contributed by atoms with van der Waals surface area (Å²) in [6.07, 6.45) is 3.82. The molecule has 0 saturated carbocycles. The minimum Gasteiger partial charge on any atom is -0.325 e. The van der Waals surface area contributed by atoms with Crippen LogP contribution in [0.25, 0.3) is 0 Å². The average molecular weight is 341 g/mol. The number of anilines is 2. The molecule has 1 heterocycles. The molecule has 0 atom stereocenters. The van der Waals surface area contributed by atoms with E-state index in [2.05, 4.69) is 32.8 Å². The Morgan fingerprint density at radius 2 is 2.21 bits per heavy atom. The lowest BCUT2D eigenvalue weighted by Gasteiger charge is -2.11. The summed E-state index contributed by atoms with van der Waals surface area (Å²) in [7, 11) is 0. The van der Waals surface area contributed by atoms with E-state index in [9.17, 15) is 0 Å². The molecule has 5 heteroatoms. The summed E-state index contributed by atoms with van der Waals surface area (Å²) in [4.78, 5) is 4.46. The Labute approximate surface area is 126 Å². The average Bonchev–Trinajstić information content (AvgIpc) is 2.67. The highest BCUT2D eigenvalue weighted by molar-refractivity contribution is 9.10. The molecule has 2 rings (SSSR count). The quantitative estimate of drug-likeness (QED) is 0.807. The van der Waals surface area contributed by atoms with Crippen molar-refractivity contribution in [3.05, 3.63) is 51.7 Å². The molecule has 0 aliphatic heterocycles. The van der Waals surface area contributed by atoms with Crippen LogP contribution in [-0.2, 0) is 6.54 Å². The maximum Gasteiger partial charge on any atom is 0.207 e. The molecule has 0 bridgehead atoms. The molecule has 0 aliphatic rings. The molecule has 0 radical (unpaired) electrons. The van der Waals surface area contributed by atoms with Crippen LogP contribution in [0.2, 0.25) is 5.02 Å². The molecule has 1 aromatic heterocycles. The van der Waals surface area contributed by atoms with Gasteiger partial charge in [0.1, 0.15) is 0 Å². The second-order valence-corrected chi connectivity index (χ2v) is 5.61. The standard InChI is InChI=1S/C14H15BrClN3/c1-4-5-19-8-10(3)17-14(19)18-13-7-12(16)9(2)6-11(13)15/h4,6-8H,1,5H2,2-3H3,(H,17,18). The SMILES string of the molecule is C=CCn1cc(C)nc1Nc1cc(Cl)c(C)cc1Br. The fourth-order valence-electron chi connectivity index (χ4n) is 1.79. The van der Waals surface area contributed by atoms with Gasteiger partial charge in [0, 0.05) is 22.2 Å². The molecular formula is C14H15BrClN3. The van der Waals surface area contributed by atoms with Crippen molar-refractivity contribution in [2.24, 2.45) is 0 Å². The molecule has 0 fully saturated rings. The predicted molar refractivity (Wildman–Crippen MR) is 84.3 cm³/mol. The van der Waals surface area contributed by atoms with Crippen molar-refractivity contribution < 1.29 is 0 Å². The number of aromatic nitrogens is 2. The molecule has 1 N–H and O–H groups in total. The lowest BCUT2D eigenvalue weighted by molar-refractivity contribution is 0.832. The number of nitrogens with one attached hydrogen (secondary N) is 1. The Morgan fingerprint density at radius 1 is 1.47 bits per heavy atom. The van der Waals surface area contributed by atoms with Crippen molar-refractivity contribution in [3.63, 3.8) is 0 Å². The van der Waals surface area contributed by atoms with Gasteiger partial charge in [-0.05, 0) is 47.5 Å². The van der Waals surface area contributed by atoms with E-state index in [1.165, 1.54) is 0 Å². The Bertz CT molecular complexity index is 619. The first-order valence-corrected chi connectivity index (χ1v) is 7.05. The largest absolute Gasteiger partial charge is 0.325 e. The summed E-state index contributed by atoms with van der Waals surface area (Å²) in [6, 6.07) is 3.88. The molecule has 0 spiro atoms. The number of nitrogens with zero attached hydrogens (tertiary/aromatic N) is 2. The van der Waals surface area contributed by atoms with Crippen molar-refractivity contribution >= 4 is 39.2 Å². The van der Waals surface area contributed by atoms with Crippen molar-refractivity contribution in [2.45, 2.75) is 20.4 Å². The summed E-state index contributed by atoms with van der Waals surface area (Å²) < 4.78 is 2.96. The third-order valence-electron chi connectivity index (χ3n) is 2.72. The Hall–Kier alpha value is -1.26.